The van der Waals surface area contributed by atoms with E-state index in [9.17, 15) is 14.0 Å². The number of fused-ring (bicyclic) bond motifs is 1. The van der Waals surface area contributed by atoms with Gasteiger partial charge in [-0.2, -0.15) is 0 Å². The minimum absolute atomic E-state index is 0.140. The number of rotatable bonds is 7. The summed E-state index contributed by atoms with van der Waals surface area (Å²) in [4.78, 5) is 28.6. The molecule has 1 heterocycles. The summed E-state index contributed by atoms with van der Waals surface area (Å²) < 4.78 is 19.2. The van der Waals surface area contributed by atoms with Crippen LogP contribution < -0.4 is 10.2 Å². The van der Waals surface area contributed by atoms with Crippen LogP contribution in [0.3, 0.4) is 0 Å². The quantitative estimate of drug-likeness (QED) is 0.402. The van der Waals surface area contributed by atoms with E-state index in [-0.39, 0.29) is 24.2 Å². The fourth-order valence-electron chi connectivity index (χ4n) is 3.47. The van der Waals surface area contributed by atoms with Gasteiger partial charge in [0.15, 0.2) is 0 Å². The molecule has 5 nitrogen and oxygen atoms in total. The number of nitrogens with zero attached hydrogens (tertiary/aromatic N) is 1. The topological polar surface area (TPSA) is 58.6 Å². The van der Waals surface area contributed by atoms with E-state index in [2.05, 4.69) is 5.32 Å². The van der Waals surface area contributed by atoms with Crippen molar-refractivity contribution in [1.82, 2.24) is 5.32 Å². The number of ether oxygens (including phenoxy) is 1. The molecule has 0 saturated heterocycles. The van der Waals surface area contributed by atoms with Gasteiger partial charge in [0.1, 0.15) is 5.82 Å². The van der Waals surface area contributed by atoms with Crippen molar-refractivity contribution >= 4 is 35.3 Å². The predicted octanol–water partition coefficient (Wildman–Crippen LogP) is 4.88. The molecule has 0 bridgehead atoms. The number of anilines is 1. The molecule has 0 unspecified atom stereocenters. The number of halogens is 1. The number of carbonyl (C=O) groups excluding carboxylic acids is 2. The fourth-order valence-corrected chi connectivity index (χ4v) is 4.53. The van der Waals surface area contributed by atoms with Gasteiger partial charge in [0, 0.05) is 29.7 Å². The molecule has 1 N–H and O–H groups in total. The number of hydrogen-bond donors (Lipinski definition) is 1. The molecule has 7 heteroatoms. The molecule has 0 fully saturated rings. The van der Waals surface area contributed by atoms with Crippen LogP contribution in [0.4, 0.5) is 10.1 Å². The first kappa shape index (κ1) is 22.8. The Kier molecular flexibility index (Phi) is 7.22. The fraction of sp³-hybridized carbons (Fsp3) is 0.154. The van der Waals surface area contributed by atoms with Gasteiger partial charge < -0.3 is 15.0 Å². The van der Waals surface area contributed by atoms with Crippen LogP contribution >= 0.6 is 11.8 Å². The third-order valence-electron chi connectivity index (χ3n) is 5.18. The molecule has 0 saturated carbocycles. The van der Waals surface area contributed by atoms with Gasteiger partial charge in [-0.3, -0.25) is 9.59 Å². The summed E-state index contributed by atoms with van der Waals surface area (Å²) in [5.74, 6) is -0.714. The molecule has 168 valence electrons. The smallest absolute Gasteiger partial charge is 0.265 e. The van der Waals surface area contributed by atoms with Crippen molar-refractivity contribution in [1.29, 1.82) is 0 Å². The number of methoxy groups -OCH3 is 1. The molecular formula is C26H23FN2O3S. The number of carbonyl (C=O) groups is 2. The van der Waals surface area contributed by atoms with E-state index in [4.69, 9.17) is 4.74 Å². The standard InChI is InChI=1S/C26H23FN2O3S/c1-32-15-14-28-25(30)19-12-10-18(11-13-19)16-24-26(31)29(17-20-6-2-3-7-21(20)27)22-8-4-5-9-23(22)33-24/h2-13,16H,14-15,17H2,1H3,(H,28,30). The molecule has 0 atom stereocenters. The Hall–Kier alpha value is -3.42. The van der Waals surface area contributed by atoms with Crippen LogP contribution in [0.2, 0.25) is 0 Å². The van der Waals surface area contributed by atoms with E-state index in [1.54, 1.807) is 60.6 Å². The second kappa shape index (κ2) is 10.5. The Morgan fingerprint density at radius 2 is 1.79 bits per heavy atom. The maximum atomic E-state index is 14.3. The van der Waals surface area contributed by atoms with Crippen LogP contribution in [0.15, 0.2) is 82.6 Å². The van der Waals surface area contributed by atoms with Crippen LogP contribution in [0.1, 0.15) is 21.5 Å². The summed E-state index contributed by atoms with van der Waals surface area (Å²) in [6.07, 6.45) is 1.80. The SMILES string of the molecule is COCCNC(=O)c1ccc(C=C2Sc3ccccc3N(Cc3ccccc3F)C2=O)cc1. The van der Waals surface area contributed by atoms with Gasteiger partial charge in [-0.15, -0.1) is 0 Å². The van der Waals surface area contributed by atoms with Crippen LogP contribution in [0, 0.1) is 5.82 Å². The normalized spacial score (nSPS) is 14.3. The predicted molar refractivity (Wildman–Crippen MR) is 129 cm³/mol. The van der Waals surface area contributed by atoms with Gasteiger partial charge in [0.25, 0.3) is 11.8 Å². The molecule has 0 radical (unpaired) electrons. The second-order valence-electron chi connectivity index (χ2n) is 7.43. The van der Waals surface area contributed by atoms with Crippen molar-refractivity contribution < 1.29 is 18.7 Å². The van der Waals surface area contributed by atoms with E-state index in [0.717, 1.165) is 16.1 Å². The average Bonchev–Trinajstić information content (AvgIpc) is 2.83. The van der Waals surface area contributed by atoms with Crippen LogP contribution in [0.25, 0.3) is 6.08 Å². The number of thioether (sulfide) groups is 1. The first-order chi connectivity index (χ1) is 16.1. The summed E-state index contributed by atoms with van der Waals surface area (Å²) in [6, 6.07) is 21.1. The van der Waals surface area contributed by atoms with Gasteiger partial charge in [-0.1, -0.05) is 54.2 Å². The van der Waals surface area contributed by atoms with E-state index < -0.39 is 0 Å². The lowest BCUT2D eigenvalue weighted by molar-refractivity contribution is -0.114. The summed E-state index contributed by atoms with van der Waals surface area (Å²) in [7, 11) is 1.58. The summed E-state index contributed by atoms with van der Waals surface area (Å²) in [6.45, 7) is 1.02. The van der Waals surface area contributed by atoms with Crippen LogP contribution in [-0.4, -0.2) is 32.1 Å². The highest BCUT2D eigenvalue weighted by Crippen LogP contribution is 2.42. The molecule has 3 aromatic rings. The third-order valence-corrected chi connectivity index (χ3v) is 6.26. The zero-order valence-corrected chi connectivity index (χ0v) is 18.9. The van der Waals surface area contributed by atoms with Gasteiger partial charge in [-0.25, -0.2) is 4.39 Å². The monoisotopic (exact) mass is 462 g/mol. The first-order valence-corrected chi connectivity index (χ1v) is 11.3. The second-order valence-corrected chi connectivity index (χ2v) is 8.52. The lowest BCUT2D eigenvalue weighted by Gasteiger charge is -2.30. The summed E-state index contributed by atoms with van der Waals surface area (Å²) in [5.41, 5.74) is 2.54. The molecule has 0 aromatic heterocycles. The third kappa shape index (κ3) is 5.32. The molecule has 0 aliphatic carbocycles. The van der Waals surface area contributed by atoms with E-state index >= 15 is 0 Å². The van der Waals surface area contributed by atoms with Gasteiger partial charge in [-0.05, 0) is 42.0 Å². The maximum absolute atomic E-state index is 14.3. The Morgan fingerprint density at radius 3 is 2.55 bits per heavy atom. The Bertz CT molecular complexity index is 1190. The molecular weight excluding hydrogens is 439 g/mol. The van der Waals surface area contributed by atoms with Gasteiger partial charge >= 0.3 is 0 Å². The largest absolute Gasteiger partial charge is 0.383 e. The van der Waals surface area contributed by atoms with Crippen LogP contribution in [0.5, 0.6) is 0 Å². The molecule has 3 aromatic carbocycles. The highest BCUT2D eigenvalue weighted by molar-refractivity contribution is 8.04. The number of amides is 2. The van der Waals surface area contributed by atoms with E-state index in [1.165, 1.54) is 17.8 Å². The van der Waals surface area contributed by atoms with Gasteiger partial charge in [0.2, 0.25) is 0 Å². The summed E-state index contributed by atoms with van der Waals surface area (Å²) >= 11 is 1.39. The van der Waals surface area contributed by atoms with Crippen molar-refractivity contribution in [3.63, 3.8) is 0 Å². The lowest BCUT2D eigenvalue weighted by Crippen LogP contribution is -2.34. The minimum Gasteiger partial charge on any atom is -0.383 e. The Labute approximate surface area is 196 Å². The highest BCUT2D eigenvalue weighted by Gasteiger charge is 2.29. The van der Waals surface area contributed by atoms with Gasteiger partial charge in [0.05, 0.1) is 23.7 Å². The summed E-state index contributed by atoms with van der Waals surface area (Å²) in [5, 5.41) is 2.78. The molecule has 2 amide bonds. The molecule has 4 rings (SSSR count). The minimum atomic E-state index is -0.342. The Balaban J connectivity index is 1.58. The number of benzene rings is 3. The lowest BCUT2D eigenvalue weighted by atomic mass is 10.1. The zero-order valence-electron chi connectivity index (χ0n) is 18.1. The number of hydrogen-bond acceptors (Lipinski definition) is 4. The number of para-hydroxylation sites is 1. The zero-order chi connectivity index (χ0) is 23.2. The average molecular weight is 463 g/mol. The highest BCUT2D eigenvalue weighted by atomic mass is 32.2. The van der Waals surface area contributed by atoms with Crippen molar-refractivity contribution in [3.8, 4) is 0 Å². The van der Waals surface area contributed by atoms with Crippen LogP contribution in [-0.2, 0) is 16.1 Å². The molecule has 1 aliphatic heterocycles. The molecule has 33 heavy (non-hydrogen) atoms. The van der Waals surface area contributed by atoms with Crippen molar-refractivity contribution in [2.24, 2.45) is 0 Å². The molecule has 1 aliphatic rings. The maximum Gasteiger partial charge on any atom is 0.265 e. The van der Waals surface area contributed by atoms with Crippen molar-refractivity contribution in [2.45, 2.75) is 11.4 Å². The molecule has 0 spiro atoms. The van der Waals surface area contributed by atoms with Crippen molar-refractivity contribution in [3.05, 3.63) is 100 Å². The number of nitrogens with one attached hydrogen (secondary N) is 1. The van der Waals surface area contributed by atoms with E-state index in [0.29, 0.717) is 29.2 Å². The van der Waals surface area contributed by atoms with Crippen molar-refractivity contribution in [2.75, 3.05) is 25.2 Å². The Morgan fingerprint density at radius 1 is 1.06 bits per heavy atom. The van der Waals surface area contributed by atoms with E-state index in [1.807, 2.05) is 24.3 Å². The first-order valence-electron chi connectivity index (χ1n) is 10.5.